The molecule has 0 amide bonds. The number of hydrogen-bond donors (Lipinski definition) is 1. The van der Waals surface area contributed by atoms with E-state index in [1.165, 1.54) is 38.9 Å². The Kier molecular flexibility index (Phi) is 8.64. The summed E-state index contributed by atoms with van der Waals surface area (Å²) in [5.41, 5.74) is 0. The van der Waals surface area contributed by atoms with E-state index in [1.807, 2.05) is 0 Å². The molecule has 0 spiro atoms. The van der Waals surface area contributed by atoms with Gasteiger partial charge in [-0.2, -0.15) is 0 Å². The summed E-state index contributed by atoms with van der Waals surface area (Å²) >= 11 is 0. The van der Waals surface area contributed by atoms with E-state index in [9.17, 15) is 0 Å². The highest BCUT2D eigenvalue weighted by molar-refractivity contribution is 4.80. The van der Waals surface area contributed by atoms with Crippen LogP contribution < -0.4 is 5.32 Å². The van der Waals surface area contributed by atoms with Crippen LogP contribution in [-0.4, -0.2) is 50.3 Å². The fraction of sp³-hybridized carbons (Fsp3) is 1.00. The Hall–Kier alpha value is -0.120. The van der Waals surface area contributed by atoms with Crippen molar-refractivity contribution in [3.63, 3.8) is 0 Å². The normalized spacial score (nSPS) is 23.2. The van der Waals surface area contributed by atoms with Crippen molar-refractivity contribution in [2.75, 3.05) is 39.4 Å². The van der Waals surface area contributed by atoms with E-state index < -0.39 is 0 Å². The molecule has 1 aliphatic rings. The molecule has 18 heavy (non-hydrogen) atoms. The molecule has 0 saturated carbocycles. The zero-order chi connectivity index (χ0) is 13.2. The van der Waals surface area contributed by atoms with Crippen molar-refractivity contribution in [3.8, 4) is 0 Å². The maximum absolute atomic E-state index is 5.36. The first-order valence-corrected chi connectivity index (χ1v) is 7.81. The molecule has 0 aromatic carbocycles. The highest BCUT2D eigenvalue weighted by atomic mass is 16.5. The first-order chi connectivity index (χ1) is 8.77. The Balaban J connectivity index is 2.13. The maximum atomic E-state index is 5.36. The van der Waals surface area contributed by atoms with Crippen LogP contribution in [0.5, 0.6) is 0 Å². The second kappa shape index (κ2) is 9.76. The number of piperidine rings is 1. The quantitative estimate of drug-likeness (QED) is 0.642. The highest BCUT2D eigenvalue weighted by Gasteiger charge is 2.23. The van der Waals surface area contributed by atoms with E-state index in [0.717, 1.165) is 32.1 Å². The summed E-state index contributed by atoms with van der Waals surface area (Å²) in [6.07, 6.45) is 5.17. The van der Waals surface area contributed by atoms with Gasteiger partial charge in [-0.05, 0) is 65.1 Å². The summed E-state index contributed by atoms with van der Waals surface area (Å²) in [6.45, 7) is 13.4. The minimum absolute atomic E-state index is 0.645. The Bertz CT molecular complexity index is 197. The minimum atomic E-state index is 0.645. The van der Waals surface area contributed by atoms with E-state index >= 15 is 0 Å². The molecule has 108 valence electrons. The van der Waals surface area contributed by atoms with Gasteiger partial charge in [0.1, 0.15) is 0 Å². The number of likely N-dealkylation sites (tertiary alicyclic amines) is 1. The van der Waals surface area contributed by atoms with Crippen molar-refractivity contribution in [3.05, 3.63) is 0 Å². The molecule has 2 atom stereocenters. The van der Waals surface area contributed by atoms with Crippen LogP contribution in [0.25, 0.3) is 0 Å². The SMILES string of the molecule is CCCN1CCCC(C(C)NCCCOCC)C1. The van der Waals surface area contributed by atoms with Crippen LogP contribution in [0.3, 0.4) is 0 Å². The minimum Gasteiger partial charge on any atom is -0.382 e. The van der Waals surface area contributed by atoms with E-state index in [-0.39, 0.29) is 0 Å². The zero-order valence-corrected chi connectivity index (χ0v) is 12.6. The molecule has 3 nitrogen and oxygen atoms in total. The number of ether oxygens (including phenoxy) is 1. The van der Waals surface area contributed by atoms with E-state index in [1.54, 1.807) is 0 Å². The van der Waals surface area contributed by atoms with Crippen molar-refractivity contribution < 1.29 is 4.74 Å². The molecule has 0 radical (unpaired) electrons. The van der Waals surface area contributed by atoms with E-state index in [4.69, 9.17) is 4.74 Å². The molecule has 1 N–H and O–H groups in total. The molecule has 2 unspecified atom stereocenters. The van der Waals surface area contributed by atoms with Gasteiger partial charge in [0.15, 0.2) is 0 Å². The summed E-state index contributed by atoms with van der Waals surface area (Å²) in [5, 5.41) is 3.67. The lowest BCUT2D eigenvalue weighted by Crippen LogP contribution is -2.44. The summed E-state index contributed by atoms with van der Waals surface area (Å²) in [5.74, 6) is 0.831. The van der Waals surface area contributed by atoms with Gasteiger partial charge in [-0.15, -0.1) is 0 Å². The fourth-order valence-corrected chi connectivity index (χ4v) is 2.83. The average Bonchev–Trinajstić information content (AvgIpc) is 2.39. The lowest BCUT2D eigenvalue weighted by atomic mass is 9.91. The van der Waals surface area contributed by atoms with Crippen molar-refractivity contribution in [1.82, 2.24) is 10.2 Å². The Morgan fingerprint density at radius 1 is 1.39 bits per heavy atom. The van der Waals surface area contributed by atoms with Gasteiger partial charge in [-0.3, -0.25) is 0 Å². The van der Waals surface area contributed by atoms with Crippen molar-refractivity contribution >= 4 is 0 Å². The first-order valence-electron chi connectivity index (χ1n) is 7.81. The number of nitrogens with zero attached hydrogens (tertiary/aromatic N) is 1. The van der Waals surface area contributed by atoms with Gasteiger partial charge in [-0.1, -0.05) is 6.92 Å². The molecule has 0 aromatic heterocycles. The first kappa shape index (κ1) is 15.9. The molecule has 1 heterocycles. The Morgan fingerprint density at radius 2 is 2.22 bits per heavy atom. The van der Waals surface area contributed by atoms with Gasteiger partial charge in [0.05, 0.1) is 0 Å². The average molecular weight is 256 g/mol. The van der Waals surface area contributed by atoms with Crippen molar-refractivity contribution in [2.45, 2.75) is 52.5 Å². The third-order valence-corrected chi connectivity index (χ3v) is 3.92. The lowest BCUT2D eigenvalue weighted by molar-refractivity contribution is 0.136. The van der Waals surface area contributed by atoms with Crippen LogP contribution in [0.4, 0.5) is 0 Å². The molecule has 0 aromatic rings. The van der Waals surface area contributed by atoms with Crippen molar-refractivity contribution in [2.24, 2.45) is 5.92 Å². The highest BCUT2D eigenvalue weighted by Crippen LogP contribution is 2.19. The van der Waals surface area contributed by atoms with Gasteiger partial charge in [0, 0.05) is 25.8 Å². The maximum Gasteiger partial charge on any atom is 0.0477 e. The third kappa shape index (κ3) is 6.17. The standard InChI is InChI=1S/C15H32N2O/c1-4-10-17-11-6-8-15(13-17)14(3)16-9-7-12-18-5-2/h14-16H,4-13H2,1-3H3. The molecular formula is C15H32N2O. The van der Waals surface area contributed by atoms with Crippen LogP contribution in [0.15, 0.2) is 0 Å². The zero-order valence-electron chi connectivity index (χ0n) is 12.6. The molecular weight excluding hydrogens is 224 g/mol. The van der Waals surface area contributed by atoms with Gasteiger partial charge < -0.3 is 15.0 Å². The summed E-state index contributed by atoms with van der Waals surface area (Å²) in [7, 11) is 0. The summed E-state index contributed by atoms with van der Waals surface area (Å²) in [4.78, 5) is 2.63. The van der Waals surface area contributed by atoms with Gasteiger partial charge in [0.2, 0.25) is 0 Å². The van der Waals surface area contributed by atoms with Crippen LogP contribution in [0.1, 0.15) is 46.5 Å². The van der Waals surface area contributed by atoms with Crippen LogP contribution >= 0.6 is 0 Å². The van der Waals surface area contributed by atoms with Gasteiger partial charge >= 0.3 is 0 Å². The topological polar surface area (TPSA) is 24.5 Å². The molecule has 1 rings (SSSR count). The smallest absolute Gasteiger partial charge is 0.0477 e. The fourth-order valence-electron chi connectivity index (χ4n) is 2.83. The molecule has 0 bridgehead atoms. The largest absolute Gasteiger partial charge is 0.382 e. The van der Waals surface area contributed by atoms with E-state index in [0.29, 0.717) is 6.04 Å². The van der Waals surface area contributed by atoms with Gasteiger partial charge in [-0.25, -0.2) is 0 Å². The van der Waals surface area contributed by atoms with E-state index in [2.05, 4.69) is 31.0 Å². The predicted molar refractivity (Wildman–Crippen MR) is 78.0 cm³/mol. The summed E-state index contributed by atoms with van der Waals surface area (Å²) < 4.78 is 5.36. The lowest BCUT2D eigenvalue weighted by Gasteiger charge is -2.36. The molecule has 1 fully saturated rings. The third-order valence-electron chi connectivity index (χ3n) is 3.92. The number of hydrogen-bond acceptors (Lipinski definition) is 3. The van der Waals surface area contributed by atoms with Crippen LogP contribution in [0.2, 0.25) is 0 Å². The Morgan fingerprint density at radius 3 is 2.94 bits per heavy atom. The van der Waals surface area contributed by atoms with Crippen LogP contribution in [-0.2, 0) is 4.74 Å². The second-order valence-corrected chi connectivity index (χ2v) is 5.50. The second-order valence-electron chi connectivity index (χ2n) is 5.50. The number of nitrogens with one attached hydrogen (secondary N) is 1. The van der Waals surface area contributed by atoms with Crippen LogP contribution in [0, 0.1) is 5.92 Å². The molecule has 3 heteroatoms. The Labute approximate surface area is 113 Å². The van der Waals surface area contributed by atoms with Gasteiger partial charge in [0.25, 0.3) is 0 Å². The van der Waals surface area contributed by atoms with Crippen molar-refractivity contribution in [1.29, 1.82) is 0 Å². The molecule has 1 aliphatic heterocycles. The molecule has 1 saturated heterocycles. The number of rotatable bonds is 9. The molecule has 0 aliphatic carbocycles. The summed E-state index contributed by atoms with van der Waals surface area (Å²) in [6, 6.07) is 0.645. The monoisotopic (exact) mass is 256 g/mol. The predicted octanol–water partition coefficient (Wildman–Crippen LogP) is 2.51.